The highest BCUT2D eigenvalue weighted by Crippen LogP contribution is 2.50. The zero-order valence-electron chi connectivity index (χ0n) is 11.2. The Morgan fingerprint density at radius 3 is 2.28 bits per heavy atom. The second-order valence-corrected chi connectivity index (χ2v) is 5.52. The van der Waals surface area contributed by atoms with Gasteiger partial charge in [0.15, 0.2) is 0 Å². The van der Waals surface area contributed by atoms with Crippen molar-refractivity contribution in [3.05, 3.63) is 35.4 Å². The van der Waals surface area contributed by atoms with Crippen LogP contribution in [-0.4, -0.2) is 5.11 Å². The molecule has 2 heteroatoms. The Morgan fingerprint density at radius 2 is 1.83 bits per heavy atom. The van der Waals surface area contributed by atoms with Crippen molar-refractivity contribution >= 4 is 0 Å². The van der Waals surface area contributed by atoms with Crippen molar-refractivity contribution in [1.82, 2.24) is 0 Å². The van der Waals surface area contributed by atoms with Gasteiger partial charge in [0, 0.05) is 0 Å². The van der Waals surface area contributed by atoms with Crippen LogP contribution in [0.25, 0.3) is 0 Å². The van der Waals surface area contributed by atoms with E-state index in [1.807, 2.05) is 24.3 Å². The quantitative estimate of drug-likeness (QED) is 0.882. The minimum atomic E-state index is -1.05. The summed E-state index contributed by atoms with van der Waals surface area (Å²) in [5.41, 5.74) is 0.459. The van der Waals surface area contributed by atoms with E-state index < -0.39 is 11.0 Å². The van der Waals surface area contributed by atoms with E-state index in [1.165, 1.54) is 5.56 Å². The van der Waals surface area contributed by atoms with Gasteiger partial charge in [0.05, 0.1) is 11.5 Å². The molecule has 1 saturated carbocycles. The van der Waals surface area contributed by atoms with Gasteiger partial charge in [-0.1, -0.05) is 44.0 Å². The molecule has 0 radical (unpaired) electrons. The molecule has 18 heavy (non-hydrogen) atoms. The fourth-order valence-electron chi connectivity index (χ4n) is 3.03. The molecule has 1 aromatic rings. The van der Waals surface area contributed by atoms with Crippen molar-refractivity contribution in [1.29, 1.82) is 5.26 Å². The Balaban J connectivity index is 2.37. The third-order valence-corrected chi connectivity index (χ3v) is 4.53. The fraction of sp³-hybridized carbons (Fsp3) is 0.562. The summed E-state index contributed by atoms with van der Waals surface area (Å²) in [6.45, 7) is 3.91. The molecular weight excluding hydrogens is 222 g/mol. The average Bonchev–Trinajstić information content (AvgIpc) is 2.89. The zero-order chi connectivity index (χ0) is 13.2. The van der Waals surface area contributed by atoms with Crippen LogP contribution in [0, 0.1) is 16.7 Å². The topological polar surface area (TPSA) is 44.0 Å². The maximum Gasteiger partial charge on any atom is 0.105 e. The molecule has 1 unspecified atom stereocenters. The lowest BCUT2D eigenvalue weighted by molar-refractivity contribution is -0.0422. The van der Waals surface area contributed by atoms with E-state index in [-0.39, 0.29) is 0 Å². The SMILES string of the molecule is CCc1ccc(C(C)(O)C2(C#N)CCCC2)cc1. The van der Waals surface area contributed by atoms with Gasteiger partial charge in [-0.05, 0) is 37.3 Å². The first kappa shape index (κ1) is 13.1. The fourth-order valence-corrected chi connectivity index (χ4v) is 3.03. The third-order valence-electron chi connectivity index (χ3n) is 4.53. The number of rotatable bonds is 3. The predicted octanol–water partition coefficient (Wildman–Crippen LogP) is 3.54. The van der Waals surface area contributed by atoms with Crippen LogP contribution in [0.5, 0.6) is 0 Å². The average molecular weight is 243 g/mol. The smallest absolute Gasteiger partial charge is 0.105 e. The highest BCUT2D eigenvalue weighted by Gasteiger charge is 2.50. The maximum atomic E-state index is 10.9. The normalized spacial score (nSPS) is 21.2. The number of nitriles is 1. The summed E-state index contributed by atoms with van der Waals surface area (Å²) in [7, 11) is 0. The van der Waals surface area contributed by atoms with Crippen molar-refractivity contribution in [2.75, 3.05) is 0 Å². The Kier molecular flexibility index (Phi) is 3.45. The van der Waals surface area contributed by atoms with Crippen LogP contribution >= 0.6 is 0 Å². The van der Waals surface area contributed by atoms with Crippen LogP contribution in [-0.2, 0) is 12.0 Å². The number of aliphatic hydroxyl groups is 1. The van der Waals surface area contributed by atoms with Gasteiger partial charge in [-0.15, -0.1) is 0 Å². The van der Waals surface area contributed by atoms with E-state index in [1.54, 1.807) is 6.92 Å². The second kappa shape index (κ2) is 4.74. The van der Waals surface area contributed by atoms with Gasteiger partial charge in [0.25, 0.3) is 0 Å². The van der Waals surface area contributed by atoms with E-state index in [4.69, 9.17) is 0 Å². The monoisotopic (exact) mass is 243 g/mol. The summed E-state index contributed by atoms with van der Waals surface area (Å²) in [4.78, 5) is 0. The molecule has 1 fully saturated rings. The first-order chi connectivity index (χ1) is 8.55. The maximum absolute atomic E-state index is 10.9. The number of aryl methyl sites for hydroxylation is 1. The molecule has 96 valence electrons. The molecule has 0 amide bonds. The van der Waals surface area contributed by atoms with Gasteiger partial charge >= 0.3 is 0 Å². The lowest BCUT2D eigenvalue weighted by Gasteiger charge is -2.37. The molecule has 0 bridgehead atoms. The molecule has 2 rings (SSSR count). The van der Waals surface area contributed by atoms with Gasteiger partial charge in [-0.25, -0.2) is 0 Å². The molecule has 1 aliphatic carbocycles. The van der Waals surface area contributed by atoms with Crippen LogP contribution in [0.3, 0.4) is 0 Å². The van der Waals surface area contributed by atoms with Crippen molar-refractivity contribution in [2.45, 2.75) is 51.6 Å². The molecule has 0 spiro atoms. The van der Waals surface area contributed by atoms with Crippen LogP contribution < -0.4 is 0 Å². The van der Waals surface area contributed by atoms with Gasteiger partial charge in [0.1, 0.15) is 5.60 Å². The first-order valence-corrected chi connectivity index (χ1v) is 6.79. The van der Waals surface area contributed by atoms with Gasteiger partial charge in [0.2, 0.25) is 0 Å². The number of benzene rings is 1. The summed E-state index contributed by atoms with van der Waals surface area (Å²) in [6, 6.07) is 10.4. The Hall–Kier alpha value is -1.33. The summed E-state index contributed by atoms with van der Waals surface area (Å²) in [6.07, 6.45) is 4.66. The highest BCUT2D eigenvalue weighted by molar-refractivity contribution is 5.31. The van der Waals surface area contributed by atoms with E-state index in [9.17, 15) is 10.4 Å². The minimum Gasteiger partial charge on any atom is -0.384 e. The van der Waals surface area contributed by atoms with Gasteiger partial charge in [-0.3, -0.25) is 0 Å². The molecule has 1 N–H and O–H groups in total. The number of nitrogens with zero attached hydrogens (tertiary/aromatic N) is 1. The molecule has 1 aromatic carbocycles. The summed E-state index contributed by atoms with van der Waals surface area (Å²) in [5, 5.41) is 20.4. The van der Waals surface area contributed by atoms with Crippen molar-refractivity contribution < 1.29 is 5.11 Å². The van der Waals surface area contributed by atoms with Gasteiger partial charge in [-0.2, -0.15) is 5.26 Å². The lowest BCUT2D eigenvalue weighted by atomic mass is 9.69. The largest absolute Gasteiger partial charge is 0.384 e. The molecule has 0 aliphatic heterocycles. The Bertz CT molecular complexity index is 447. The number of hydrogen-bond acceptors (Lipinski definition) is 2. The minimum absolute atomic E-state index is 0.610. The molecule has 0 aromatic heterocycles. The molecule has 0 saturated heterocycles. The molecule has 1 aliphatic rings. The van der Waals surface area contributed by atoms with Crippen LogP contribution in [0.1, 0.15) is 50.7 Å². The second-order valence-electron chi connectivity index (χ2n) is 5.52. The van der Waals surface area contributed by atoms with E-state index in [0.29, 0.717) is 0 Å². The standard InChI is InChI=1S/C16H21NO/c1-3-13-6-8-14(9-7-13)15(2,18)16(12-17)10-4-5-11-16/h6-9,18H,3-5,10-11H2,1-2H3. The highest BCUT2D eigenvalue weighted by atomic mass is 16.3. The lowest BCUT2D eigenvalue weighted by Crippen LogP contribution is -2.40. The zero-order valence-corrected chi connectivity index (χ0v) is 11.2. The predicted molar refractivity (Wildman–Crippen MR) is 71.9 cm³/mol. The van der Waals surface area contributed by atoms with E-state index in [0.717, 1.165) is 37.7 Å². The van der Waals surface area contributed by atoms with Crippen LogP contribution in [0.15, 0.2) is 24.3 Å². The Morgan fingerprint density at radius 1 is 1.28 bits per heavy atom. The van der Waals surface area contributed by atoms with Gasteiger partial charge < -0.3 is 5.11 Å². The third kappa shape index (κ3) is 1.93. The molecule has 0 heterocycles. The van der Waals surface area contributed by atoms with E-state index in [2.05, 4.69) is 13.0 Å². The Labute approximate surface area is 109 Å². The first-order valence-electron chi connectivity index (χ1n) is 6.79. The summed E-state index contributed by atoms with van der Waals surface area (Å²) in [5.74, 6) is 0. The van der Waals surface area contributed by atoms with Crippen molar-refractivity contribution in [3.8, 4) is 6.07 Å². The molecular formula is C16H21NO. The van der Waals surface area contributed by atoms with Crippen molar-refractivity contribution in [3.63, 3.8) is 0 Å². The molecule has 1 atom stereocenters. The van der Waals surface area contributed by atoms with Crippen LogP contribution in [0.2, 0.25) is 0 Å². The summed E-state index contributed by atoms with van der Waals surface area (Å²) >= 11 is 0. The number of hydrogen-bond donors (Lipinski definition) is 1. The van der Waals surface area contributed by atoms with Crippen LogP contribution in [0.4, 0.5) is 0 Å². The van der Waals surface area contributed by atoms with Crippen molar-refractivity contribution in [2.24, 2.45) is 5.41 Å². The van der Waals surface area contributed by atoms with E-state index >= 15 is 0 Å². The molecule has 2 nitrogen and oxygen atoms in total. The summed E-state index contributed by atoms with van der Waals surface area (Å²) < 4.78 is 0.